The van der Waals surface area contributed by atoms with Crippen LogP contribution < -0.4 is 5.32 Å². The van der Waals surface area contributed by atoms with E-state index in [2.05, 4.69) is 15.3 Å². The van der Waals surface area contributed by atoms with Crippen molar-refractivity contribution < 1.29 is 5.11 Å². The van der Waals surface area contributed by atoms with Crippen LogP contribution in [-0.2, 0) is 0 Å². The van der Waals surface area contributed by atoms with E-state index in [0.717, 1.165) is 11.1 Å². The Kier molecular flexibility index (Phi) is 4.25. The van der Waals surface area contributed by atoms with Crippen molar-refractivity contribution in [3.63, 3.8) is 0 Å². The van der Waals surface area contributed by atoms with Gasteiger partial charge >= 0.3 is 0 Å². The molecule has 2 aromatic rings. The summed E-state index contributed by atoms with van der Waals surface area (Å²) in [4.78, 5) is 8.44. The van der Waals surface area contributed by atoms with Gasteiger partial charge < -0.3 is 10.4 Å². The molecule has 4 nitrogen and oxygen atoms in total. The monoisotopic (exact) mass is 243 g/mol. The van der Waals surface area contributed by atoms with E-state index in [0.29, 0.717) is 12.4 Å². The van der Waals surface area contributed by atoms with Crippen molar-refractivity contribution in [2.45, 2.75) is 19.4 Å². The first-order chi connectivity index (χ1) is 8.79. The fraction of sp³-hybridized carbons (Fsp3) is 0.286. The van der Waals surface area contributed by atoms with Crippen molar-refractivity contribution in [2.24, 2.45) is 0 Å². The number of aromatic nitrogens is 2. The maximum atomic E-state index is 9.14. The molecule has 0 aliphatic carbocycles. The number of nitrogens with zero attached hydrogens (tertiary/aromatic N) is 2. The van der Waals surface area contributed by atoms with Crippen LogP contribution in [0.3, 0.4) is 0 Å². The quantitative estimate of drug-likeness (QED) is 0.846. The predicted molar refractivity (Wildman–Crippen MR) is 71.3 cm³/mol. The van der Waals surface area contributed by atoms with E-state index < -0.39 is 0 Å². The molecule has 0 spiro atoms. The second kappa shape index (κ2) is 6.12. The first kappa shape index (κ1) is 12.5. The Balaban J connectivity index is 2.14. The van der Waals surface area contributed by atoms with Crippen molar-refractivity contribution >= 4 is 5.95 Å². The van der Waals surface area contributed by atoms with Crippen molar-refractivity contribution in [1.82, 2.24) is 9.97 Å². The summed E-state index contributed by atoms with van der Waals surface area (Å²) in [5, 5.41) is 12.4. The Morgan fingerprint density at radius 2 is 1.83 bits per heavy atom. The normalized spacial score (nSPS) is 12.1. The topological polar surface area (TPSA) is 58.0 Å². The lowest BCUT2D eigenvalue weighted by Crippen LogP contribution is -2.14. The summed E-state index contributed by atoms with van der Waals surface area (Å²) in [6.45, 7) is 2.07. The van der Waals surface area contributed by atoms with Crippen LogP contribution in [0, 0.1) is 6.92 Å². The molecule has 0 radical (unpaired) electrons. The summed E-state index contributed by atoms with van der Waals surface area (Å²) in [5.41, 5.74) is 2.15. The van der Waals surface area contributed by atoms with Gasteiger partial charge in [-0.05, 0) is 24.5 Å². The Morgan fingerprint density at radius 1 is 1.17 bits per heavy atom. The first-order valence-electron chi connectivity index (χ1n) is 6.00. The number of rotatable bonds is 5. The molecule has 0 amide bonds. The van der Waals surface area contributed by atoms with Crippen LogP contribution in [0.2, 0.25) is 0 Å². The minimum Gasteiger partial charge on any atom is -0.396 e. The molecule has 0 unspecified atom stereocenters. The maximum Gasteiger partial charge on any atom is 0.223 e. The number of hydrogen-bond donors (Lipinski definition) is 2. The molecule has 2 N–H and O–H groups in total. The van der Waals surface area contributed by atoms with E-state index in [-0.39, 0.29) is 12.6 Å². The van der Waals surface area contributed by atoms with Gasteiger partial charge in [-0.1, -0.05) is 30.3 Å². The number of nitrogens with one attached hydrogen (secondary N) is 1. The van der Waals surface area contributed by atoms with Crippen molar-refractivity contribution in [3.05, 3.63) is 53.9 Å². The average molecular weight is 243 g/mol. The third-order valence-electron chi connectivity index (χ3n) is 2.70. The fourth-order valence-corrected chi connectivity index (χ4v) is 1.76. The van der Waals surface area contributed by atoms with Crippen LogP contribution in [0.15, 0.2) is 42.7 Å². The molecule has 0 bridgehead atoms. The summed E-state index contributed by atoms with van der Waals surface area (Å²) in [7, 11) is 0. The second-order valence-corrected chi connectivity index (χ2v) is 4.20. The highest BCUT2D eigenvalue weighted by atomic mass is 16.3. The smallest absolute Gasteiger partial charge is 0.223 e. The van der Waals surface area contributed by atoms with Crippen molar-refractivity contribution in [1.29, 1.82) is 0 Å². The van der Waals surface area contributed by atoms with Gasteiger partial charge in [0.15, 0.2) is 0 Å². The molecule has 2 rings (SSSR count). The molecular formula is C14H17N3O. The van der Waals surface area contributed by atoms with Crippen LogP contribution >= 0.6 is 0 Å². The highest BCUT2D eigenvalue weighted by Gasteiger charge is 2.11. The molecule has 0 fully saturated rings. The minimum absolute atomic E-state index is 0.0268. The minimum atomic E-state index is 0.0268. The largest absolute Gasteiger partial charge is 0.396 e. The Labute approximate surface area is 107 Å². The highest BCUT2D eigenvalue weighted by molar-refractivity contribution is 5.32. The molecule has 0 aliphatic rings. The molecule has 1 aromatic carbocycles. The Morgan fingerprint density at radius 3 is 2.44 bits per heavy atom. The van der Waals surface area contributed by atoms with Gasteiger partial charge in [-0.2, -0.15) is 0 Å². The van der Waals surface area contributed by atoms with Gasteiger partial charge in [0.1, 0.15) is 0 Å². The molecule has 1 heterocycles. The zero-order valence-corrected chi connectivity index (χ0v) is 10.4. The van der Waals surface area contributed by atoms with Crippen molar-refractivity contribution in [2.75, 3.05) is 11.9 Å². The first-order valence-corrected chi connectivity index (χ1v) is 6.00. The summed E-state index contributed by atoms with van der Waals surface area (Å²) < 4.78 is 0. The summed E-state index contributed by atoms with van der Waals surface area (Å²) in [6, 6.07) is 10.0. The van der Waals surface area contributed by atoms with Gasteiger partial charge in [0.05, 0.1) is 6.04 Å². The molecule has 1 aromatic heterocycles. The van der Waals surface area contributed by atoms with Crippen LogP contribution in [-0.4, -0.2) is 21.7 Å². The van der Waals surface area contributed by atoms with Crippen molar-refractivity contribution in [3.8, 4) is 0 Å². The van der Waals surface area contributed by atoms with E-state index in [9.17, 15) is 0 Å². The maximum absolute atomic E-state index is 9.14. The number of aliphatic hydroxyl groups is 1. The average Bonchev–Trinajstić information content (AvgIpc) is 2.42. The molecule has 18 heavy (non-hydrogen) atoms. The van der Waals surface area contributed by atoms with Crippen LogP contribution in [0.4, 0.5) is 5.95 Å². The second-order valence-electron chi connectivity index (χ2n) is 4.20. The standard InChI is InChI=1S/C14H17N3O/c1-11-9-15-14(16-10-11)17-13(7-8-18)12-5-3-2-4-6-12/h2-6,9-10,13,18H,7-8H2,1H3,(H,15,16,17)/t13-/m0/s1. The summed E-state index contributed by atoms with van der Waals surface area (Å²) in [6.07, 6.45) is 4.17. The van der Waals surface area contributed by atoms with E-state index in [4.69, 9.17) is 5.11 Å². The molecule has 0 saturated heterocycles. The Bertz CT molecular complexity index is 470. The number of hydrogen-bond acceptors (Lipinski definition) is 4. The predicted octanol–water partition coefficient (Wildman–Crippen LogP) is 2.32. The third kappa shape index (κ3) is 3.28. The van der Waals surface area contributed by atoms with Gasteiger partial charge in [0, 0.05) is 19.0 Å². The van der Waals surface area contributed by atoms with Gasteiger partial charge in [0.25, 0.3) is 0 Å². The number of benzene rings is 1. The molecular weight excluding hydrogens is 226 g/mol. The Hall–Kier alpha value is -1.94. The number of aliphatic hydroxyl groups excluding tert-OH is 1. The van der Waals surface area contributed by atoms with E-state index in [1.807, 2.05) is 37.3 Å². The molecule has 4 heteroatoms. The van der Waals surface area contributed by atoms with Crippen LogP contribution in [0.25, 0.3) is 0 Å². The molecule has 0 aliphatic heterocycles. The fourth-order valence-electron chi connectivity index (χ4n) is 1.76. The SMILES string of the molecule is Cc1cnc(N[C@@H](CCO)c2ccccc2)nc1. The summed E-state index contributed by atoms with van der Waals surface area (Å²) in [5.74, 6) is 0.586. The van der Waals surface area contributed by atoms with E-state index in [1.54, 1.807) is 12.4 Å². The van der Waals surface area contributed by atoms with E-state index >= 15 is 0 Å². The van der Waals surface area contributed by atoms with Gasteiger partial charge in [0.2, 0.25) is 5.95 Å². The van der Waals surface area contributed by atoms with Gasteiger partial charge in [-0.25, -0.2) is 9.97 Å². The zero-order chi connectivity index (χ0) is 12.8. The van der Waals surface area contributed by atoms with E-state index in [1.165, 1.54) is 0 Å². The molecule has 0 saturated carbocycles. The number of aryl methyl sites for hydroxylation is 1. The zero-order valence-electron chi connectivity index (χ0n) is 10.4. The molecule has 94 valence electrons. The highest BCUT2D eigenvalue weighted by Crippen LogP contribution is 2.20. The summed E-state index contributed by atoms with van der Waals surface area (Å²) >= 11 is 0. The van der Waals surface area contributed by atoms with Gasteiger partial charge in [-0.15, -0.1) is 0 Å². The lowest BCUT2D eigenvalue weighted by Gasteiger charge is -2.18. The molecule has 1 atom stereocenters. The number of anilines is 1. The lowest BCUT2D eigenvalue weighted by atomic mass is 10.0. The lowest BCUT2D eigenvalue weighted by molar-refractivity contribution is 0.280. The van der Waals surface area contributed by atoms with Crippen LogP contribution in [0.1, 0.15) is 23.6 Å². The third-order valence-corrected chi connectivity index (χ3v) is 2.70. The van der Waals surface area contributed by atoms with Gasteiger partial charge in [-0.3, -0.25) is 0 Å². The van der Waals surface area contributed by atoms with Crippen LogP contribution in [0.5, 0.6) is 0 Å².